The van der Waals surface area contributed by atoms with Crippen molar-refractivity contribution in [1.82, 2.24) is 63.4 Å². The van der Waals surface area contributed by atoms with Crippen LogP contribution in [0.3, 0.4) is 0 Å². The molecule has 0 heterocycles. The van der Waals surface area contributed by atoms with E-state index in [0.717, 1.165) is 6.41 Å². The molecule has 684 valence electrons. The van der Waals surface area contributed by atoms with E-state index in [2.05, 4.69) is 58.5 Å². The van der Waals surface area contributed by atoms with E-state index in [9.17, 15) is 28.8 Å². The molecule has 4 rings (SSSR count). The van der Waals surface area contributed by atoms with Gasteiger partial charge in [0.1, 0.15) is 64.4 Å². The first kappa shape index (κ1) is 106. The molecule has 0 spiro atoms. The second-order valence-corrected chi connectivity index (χ2v) is 36.6. The Morgan fingerprint density at radius 3 is 0.630 bits per heavy atom. The van der Waals surface area contributed by atoms with Crippen LogP contribution in [0.4, 0.5) is 0 Å². The molecule has 0 bridgehead atoms. The molecule has 0 radical (unpaired) electrons. The lowest BCUT2D eigenvalue weighted by atomic mass is 9.91. The van der Waals surface area contributed by atoms with Crippen LogP contribution >= 0.6 is 0 Å². The molecule has 4 fully saturated rings. The van der Waals surface area contributed by atoms with Gasteiger partial charge in [0, 0.05) is 122 Å². The first-order valence-corrected chi connectivity index (χ1v) is 42.2. The fourth-order valence-electron chi connectivity index (χ4n) is 16.4. The van der Waals surface area contributed by atoms with Gasteiger partial charge in [-0.05, 0) is 98.7 Å². The summed E-state index contributed by atoms with van der Waals surface area (Å²) in [6.07, 6.45) is -4.68. The molecule has 0 aromatic carbocycles. The fraction of sp³-hybridized carbons (Fsp3) is 0.845. The van der Waals surface area contributed by atoms with E-state index in [0.29, 0.717) is 6.42 Å². The summed E-state index contributed by atoms with van der Waals surface area (Å²) in [5.74, 6) is -10.1. The molecular weight excluding hydrogens is 1540 g/mol. The van der Waals surface area contributed by atoms with E-state index >= 15 is 33.6 Å². The molecule has 35 nitrogen and oxygen atoms in total. The molecule has 4 saturated carbocycles. The summed E-state index contributed by atoms with van der Waals surface area (Å²) in [4.78, 5) is 189. The van der Waals surface area contributed by atoms with Crippen molar-refractivity contribution in [1.29, 1.82) is 0 Å². The second-order valence-electron chi connectivity index (χ2n) is 36.6. The lowest BCUT2D eigenvalue weighted by molar-refractivity contribution is -0.151. The number of hydrogen-bond acceptors (Lipinski definition) is 23. The van der Waals surface area contributed by atoms with Crippen molar-refractivity contribution in [2.24, 2.45) is 53.1 Å². The number of esters is 1. The summed E-state index contributed by atoms with van der Waals surface area (Å²) >= 11 is 0. The van der Waals surface area contributed by atoms with Crippen molar-refractivity contribution >= 4 is 77.4 Å². The largest absolute Gasteiger partial charge is 0.467 e. The molecule has 119 heavy (non-hydrogen) atoms. The van der Waals surface area contributed by atoms with Gasteiger partial charge in [0.25, 0.3) is 0 Å². The fourth-order valence-corrected chi connectivity index (χ4v) is 16.4. The zero-order chi connectivity index (χ0) is 90.5. The number of nitrogens with two attached hydrogens (primary N) is 1. The third kappa shape index (κ3) is 31.2. The van der Waals surface area contributed by atoms with Gasteiger partial charge in [-0.25, -0.2) is 4.79 Å². The molecule has 0 unspecified atom stereocenters. The summed E-state index contributed by atoms with van der Waals surface area (Å²) in [5, 5.41) is 32.0. The summed E-state index contributed by atoms with van der Waals surface area (Å²) in [6.45, 7) is 29.8. The number of amides is 12. The first-order valence-electron chi connectivity index (χ1n) is 42.2. The Hall–Kier alpha value is -7.25. The number of carbonyl (C=O) groups is 13. The molecule has 16 atom stereocenters. The first-order chi connectivity index (χ1) is 55.6. The summed E-state index contributed by atoms with van der Waals surface area (Å²) in [7, 11) is 16.2. The molecule has 12 amide bonds. The number of nitrogens with one attached hydrogen (secondary N) is 11. The Labute approximate surface area is 706 Å². The highest BCUT2D eigenvalue weighted by Gasteiger charge is 2.58. The van der Waals surface area contributed by atoms with Crippen LogP contribution in [-0.2, 0) is 105 Å². The molecule has 35 heteroatoms. The SMILES string of the molecule is CN(C)C=O.COC(=O)C1(NC(=O)[C@H](CC(C)C)NC(=O)[C@H](CC(C)C)NC(=O)C2(NC(=O)[C@H](CC(C)C)NC(=O)[C@H](CC(C)C)NC(=O)C3(NC(=O)[C@H](CC(C)C)NC(=O)[C@H](CC(C)C)NC(=O)C4(NC(=O)[C@H](CC(C)C)NC(=O)[C@@H](N)CC(C)C)C[C@H](OC)[C@@H](OC)C4)C[C@H](OC)[C@@H](OC)C3)C[C@H](OC)[C@@H](OC)C2)C[C@H](OC)[C@@H](OC)C1. The standard InChI is InChI=1S/C81H144N12O21.C3H7NO/c1-42(2)26-50(82)66(94)83-54(30-46(9)10)70(98)90-78(34-58(106-17)59(35-78)107-18)74(102)87-51(27-43(3)4)67(95)84-55(31-47(11)12)71(99)91-79(36-60(108-19)61(37-79)109-20)75(103)88-52(28-44(5)6)68(96)85-56(32-48(13)14)72(100)92-80(38-62(110-21)63(39-80)111-22)76(104)89-53(29-45(7)8)69(97)86-57(33-49(15)16)73(101)93-81(77(105)114-25)40-64(112-23)65(41-81)113-24;1-4(2)3-5/h42-65H,26-41,82H2,1-25H3,(H,83,94)(H,84,95)(H,85,96)(H,86,97)(H,87,102)(H,88,103)(H,89,104)(H,90,98)(H,91,99)(H,92,100)(H,93,101);3H,1-2H3/t50-,51-,52-,53-,54-,55-,56-,57-,58-,59-,60-,61-,62-,63-,64-,65-;/m0./s1. The predicted octanol–water partition coefficient (Wildman–Crippen LogP) is 2.67. The molecule has 4 aliphatic carbocycles. The average molecular weight is 1700 g/mol. The molecule has 0 saturated heterocycles. The van der Waals surface area contributed by atoms with Crippen LogP contribution in [0.1, 0.15) is 214 Å². The minimum absolute atomic E-state index is 0.0184. The van der Waals surface area contributed by atoms with Gasteiger partial charge in [0.15, 0.2) is 0 Å². The normalized spacial score (nSPS) is 22.9. The lowest BCUT2D eigenvalue weighted by Gasteiger charge is -2.35. The van der Waals surface area contributed by atoms with Gasteiger partial charge >= 0.3 is 5.97 Å². The van der Waals surface area contributed by atoms with E-state index in [-0.39, 0.29) is 144 Å². The third-order valence-electron chi connectivity index (χ3n) is 22.4. The maximum atomic E-state index is 15.6. The van der Waals surface area contributed by atoms with Crippen LogP contribution in [0.15, 0.2) is 0 Å². The van der Waals surface area contributed by atoms with E-state index in [4.69, 9.17) is 48.4 Å². The van der Waals surface area contributed by atoms with Gasteiger partial charge in [-0.1, -0.05) is 111 Å². The number of hydrogen-bond donors (Lipinski definition) is 12. The molecule has 13 N–H and O–H groups in total. The second kappa shape index (κ2) is 49.1. The van der Waals surface area contributed by atoms with Gasteiger partial charge in [-0.2, -0.15) is 0 Å². The maximum absolute atomic E-state index is 15.6. The van der Waals surface area contributed by atoms with Crippen molar-refractivity contribution in [2.45, 2.75) is 333 Å². The van der Waals surface area contributed by atoms with Crippen molar-refractivity contribution in [2.75, 3.05) is 78.1 Å². The van der Waals surface area contributed by atoms with Crippen molar-refractivity contribution < 1.29 is 105 Å². The summed E-state index contributed by atoms with van der Waals surface area (Å²) < 4.78 is 51.5. The average Bonchev–Trinajstić information content (AvgIpc) is 1.66. The van der Waals surface area contributed by atoms with E-state index < -0.39 is 190 Å². The quantitative estimate of drug-likeness (QED) is 0.0308. The molecule has 0 aromatic heterocycles. The highest BCUT2D eigenvalue weighted by atomic mass is 16.6. The van der Waals surface area contributed by atoms with Crippen molar-refractivity contribution in [3.63, 3.8) is 0 Å². The Morgan fingerprint density at radius 1 is 0.294 bits per heavy atom. The van der Waals surface area contributed by atoms with Gasteiger partial charge in [-0.3, -0.25) is 57.5 Å². The minimum Gasteiger partial charge on any atom is -0.467 e. The van der Waals surface area contributed by atoms with Gasteiger partial charge in [0.05, 0.1) is 62.0 Å². The van der Waals surface area contributed by atoms with Gasteiger partial charge in [-0.15, -0.1) is 0 Å². The lowest BCUT2D eigenvalue weighted by Crippen LogP contribution is -2.66. The van der Waals surface area contributed by atoms with Gasteiger partial charge in [0.2, 0.25) is 71.4 Å². The van der Waals surface area contributed by atoms with Gasteiger partial charge < -0.3 is 112 Å². The Balaban J connectivity index is 0.00000709. The van der Waals surface area contributed by atoms with Crippen LogP contribution < -0.4 is 64.2 Å². The zero-order valence-electron chi connectivity index (χ0n) is 76.3. The molecule has 0 aromatic rings. The van der Waals surface area contributed by atoms with E-state index in [1.807, 2.05) is 111 Å². The number of carbonyl (C=O) groups excluding carboxylic acids is 13. The summed E-state index contributed by atoms with van der Waals surface area (Å²) in [6, 6.07) is -9.89. The highest BCUT2D eigenvalue weighted by molar-refractivity contribution is 6.02. The minimum atomic E-state index is -1.88. The molecule has 0 aliphatic heterocycles. The number of methoxy groups -OCH3 is 9. The molecule has 4 aliphatic rings. The third-order valence-corrected chi connectivity index (χ3v) is 22.4. The van der Waals surface area contributed by atoms with Crippen LogP contribution in [0.2, 0.25) is 0 Å². The number of ether oxygens (including phenoxy) is 9. The van der Waals surface area contributed by atoms with Crippen LogP contribution in [-0.4, -0.2) is 280 Å². The monoisotopic (exact) mass is 1690 g/mol. The Kier molecular flexibility index (Phi) is 43.8. The predicted molar refractivity (Wildman–Crippen MR) is 446 cm³/mol. The highest BCUT2D eigenvalue weighted by Crippen LogP contribution is 2.40. The topological polar surface area (TPSA) is 467 Å². The van der Waals surface area contributed by atoms with Crippen LogP contribution in [0.5, 0.6) is 0 Å². The van der Waals surface area contributed by atoms with E-state index in [1.54, 1.807) is 14.1 Å². The summed E-state index contributed by atoms with van der Waals surface area (Å²) in [5.41, 5.74) is -0.747. The Bertz CT molecular complexity index is 3250. The Morgan fingerprint density at radius 2 is 0.462 bits per heavy atom. The number of rotatable bonds is 48. The smallest absolute Gasteiger partial charge is 0.331 e. The zero-order valence-corrected chi connectivity index (χ0v) is 76.3. The number of nitrogens with zero attached hydrogens (tertiary/aromatic N) is 1. The maximum Gasteiger partial charge on any atom is 0.331 e. The molecular formula is C84H151N13O22. The van der Waals surface area contributed by atoms with Crippen molar-refractivity contribution in [3.05, 3.63) is 0 Å². The van der Waals surface area contributed by atoms with Crippen LogP contribution in [0.25, 0.3) is 0 Å². The van der Waals surface area contributed by atoms with E-state index in [1.165, 1.54) is 68.9 Å². The van der Waals surface area contributed by atoms with Crippen LogP contribution in [0, 0.1) is 47.3 Å². The van der Waals surface area contributed by atoms with Crippen molar-refractivity contribution in [3.8, 4) is 0 Å².